The van der Waals surface area contributed by atoms with Gasteiger partial charge in [0, 0.05) is 12.8 Å². The van der Waals surface area contributed by atoms with E-state index >= 15 is 0 Å². The molecule has 0 unspecified atom stereocenters. The lowest BCUT2D eigenvalue weighted by Gasteiger charge is -1.97. The average Bonchev–Trinajstić information content (AvgIpc) is 2.78. The van der Waals surface area contributed by atoms with Gasteiger partial charge in [-0.05, 0) is 47.6 Å². The number of rotatable bonds is 5. The van der Waals surface area contributed by atoms with Crippen molar-refractivity contribution in [2.45, 2.75) is 32.1 Å². The van der Waals surface area contributed by atoms with Crippen molar-refractivity contribution >= 4 is 17.1 Å². The normalized spacial score (nSPS) is 16.0. The third kappa shape index (κ3) is 2.96. The summed E-state index contributed by atoms with van der Waals surface area (Å²) in [4.78, 5) is 11.4. The van der Waals surface area contributed by atoms with Crippen LogP contribution in [0, 0.1) is 5.92 Å². The lowest BCUT2D eigenvalue weighted by Crippen LogP contribution is -2.00. The standard InChI is InChI=1S/C11H14OS/c12-11(7-9-1-2-9)4-3-10-5-6-13-8-10/h5-6,8-9H,1-4,7H2. The van der Waals surface area contributed by atoms with Gasteiger partial charge in [-0.25, -0.2) is 0 Å². The second-order valence-electron chi connectivity index (χ2n) is 3.82. The molecule has 2 rings (SSSR count). The molecule has 0 bridgehead atoms. The maximum Gasteiger partial charge on any atom is 0.133 e. The highest BCUT2D eigenvalue weighted by Gasteiger charge is 2.23. The maximum atomic E-state index is 11.4. The summed E-state index contributed by atoms with van der Waals surface area (Å²) in [5.41, 5.74) is 1.31. The van der Waals surface area contributed by atoms with Crippen LogP contribution in [0.3, 0.4) is 0 Å². The second-order valence-corrected chi connectivity index (χ2v) is 4.60. The van der Waals surface area contributed by atoms with Crippen LogP contribution in [-0.4, -0.2) is 5.78 Å². The van der Waals surface area contributed by atoms with Gasteiger partial charge >= 0.3 is 0 Å². The third-order valence-electron chi connectivity index (χ3n) is 2.49. The SMILES string of the molecule is O=C(CCc1ccsc1)CC1CC1. The van der Waals surface area contributed by atoms with E-state index in [0.717, 1.165) is 25.2 Å². The molecule has 0 spiro atoms. The van der Waals surface area contributed by atoms with Crippen LogP contribution in [0.5, 0.6) is 0 Å². The zero-order valence-electron chi connectivity index (χ0n) is 7.66. The number of hydrogen-bond acceptors (Lipinski definition) is 2. The van der Waals surface area contributed by atoms with E-state index in [0.29, 0.717) is 5.78 Å². The van der Waals surface area contributed by atoms with Gasteiger partial charge in [-0.3, -0.25) is 4.79 Å². The Bertz CT molecular complexity index is 272. The highest BCUT2D eigenvalue weighted by molar-refractivity contribution is 7.07. The monoisotopic (exact) mass is 194 g/mol. The van der Waals surface area contributed by atoms with Crippen molar-refractivity contribution in [2.24, 2.45) is 5.92 Å². The zero-order valence-corrected chi connectivity index (χ0v) is 8.48. The Labute approximate surface area is 82.8 Å². The Balaban J connectivity index is 1.69. The van der Waals surface area contributed by atoms with Gasteiger partial charge < -0.3 is 0 Å². The molecule has 1 aliphatic rings. The Kier molecular flexibility index (Phi) is 2.79. The zero-order chi connectivity index (χ0) is 9.10. The molecule has 0 atom stereocenters. The van der Waals surface area contributed by atoms with Crippen molar-refractivity contribution in [3.05, 3.63) is 22.4 Å². The molecular weight excluding hydrogens is 180 g/mol. The second kappa shape index (κ2) is 4.05. The summed E-state index contributed by atoms with van der Waals surface area (Å²) in [6.07, 6.45) is 5.08. The molecule has 0 aromatic carbocycles. The van der Waals surface area contributed by atoms with Crippen LogP contribution in [0.15, 0.2) is 16.8 Å². The van der Waals surface area contributed by atoms with E-state index in [1.165, 1.54) is 18.4 Å². The van der Waals surface area contributed by atoms with E-state index in [2.05, 4.69) is 16.8 Å². The molecule has 1 aromatic rings. The van der Waals surface area contributed by atoms with Gasteiger partial charge in [0.15, 0.2) is 0 Å². The minimum absolute atomic E-state index is 0.453. The van der Waals surface area contributed by atoms with Crippen LogP contribution in [0.2, 0.25) is 0 Å². The number of Topliss-reactive ketones (excluding diaryl/α,β-unsaturated/α-hetero) is 1. The molecule has 13 heavy (non-hydrogen) atoms. The topological polar surface area (TPSA) is 17.1 Å². The summed E-state index contributed by atoms with van der Waals surface area (Å²) in [5, 5.41) is 4.20. The van der Waals surface area contributed by atoms with Gasteiger partial charge in [0.05, 0.1) is 0 Å². The molecule has 1 aromatic heterocycles. The molecule has 1 saturated carbocycles. The van der Waals surface area contributed by atoms with E-state index in [1.807, 2.05) is 0 Å². The summed E-state index contributed by atoms with van der Waals surface area (Å²) in [6, 6.07) is 2.11. The van der Waals surface area contributed by atoms with E-state index in [4.69, 9.17) is 0 Å². The lowest BCUT2D eigenvalue weighted by atomic mass is 10.1. The van der Waals surface area contributed by atoms with E-state index in [1.54, 1.807) is 11.3 Å². The summed E-state index contributed by atoms with van der Waals surface area (Å²) >= 11 is 1.71. The predicted molar refractivity (Wildman–Crippen MR) is 55.0 cm³/mol. The molecule has 70 valence electrons. The van der Waals surface area contributed by atoms with Crippen molar-refractivity contribution in [3.63, 3.8) is 0 Å². The van der Waals surface area contributed by atoms with E-state index < -0.39 is 0 Å². The number of carbonyl (C=O) groups excluding carboxylic acids is 1. The number of aryl methyl sites for hydroxylation is 1. The largest absolute Gasteiger partial charge is 0.300 e. The molecule has 1 aliphatic carbocycles. The lowest BCUT2D eigenvalue weighted by molar-refractivity contribution is -0.119. The number of hydrogen-bond donors (Lipinski definition) is 0. The van der Waals surface area contributed by atoms with Crippen molar-refractivity contribution < 1.29 is 4.79 Å². The fourth-order valence-electron chi connectivity index (χ4n) is 1.46. The Morgan fingerprint density at radius 2 is 2.38 bits per heavy atom. The smallest absolute Gasteiger partial charge is 0.133 e. The Morgan fingerprint density at radius 1 is 1.54 bits per heavy atom. The van der Waals surface area contributed by atoms with Crippen molar-refractivity contribution in [1.29, 1.82) is 0 Å². The van der Waals surface area contributed by atoms with Gasteiger partial charge in [-0.2, -0.15) is 11.3 Å². The fourth-order valence-corrected chi connectivity index (χ4v) is 2.17. The van der Waals surface area contributed by atoms with Crippen LogP contribution >= 0.6 is 11.3 Å². The van der Waals surface area contributed by atoms with E-state index in [-0.39, 0.29) is 0 Å². The first-order valence-corrected chi connectivity index (χ1v) is 5.81. The molecule has 0 saturated heterocycles. The molecule has 0 radical (unpaired) electrons. The van der Waals surface area contributed by atoms with Gasteiger partial charge in [0.25, 0.3) is 0 Å². The number of carbonyl (C=O) groups is 1. The number of thiophene rings is 1. The van der Waals surface area contributed by atoms with Gasteiger partial charge in [-0.1, -0.05) is 0 Å². The predicted octanol–water partition coefficient (Wildman–Crippen LogP) is 3.05. The molecule has 0 amide bonds. The van der Waals surface area contributed by atoms with Crippen LogP contribution in [0.1, 0.15) is 31.2 Å². The van der Waals surface area contributed by atoms with E-state index in [9.17, 15) is 4.79 Å². The van der Waals surface area contributed by atoms with Gasteiger partial charge in [0.2, 0.25) is 0 Å². The van der Waals surface area contributed by atoms with Gasteiger partial charge in [-0.15, -0.1) is 0 Å². The summed E-state index contributed by atoms with van der Waals surface area (Å²) in [6.45, 7) is 0. The molecule has 2 heteroatoms. The molecule has 1 nitrogen and oxygen atoms in total. The first-order valence-electron chi connectivity index (χ1n) is 4.87. The van der Waals surface area contributed by atoms with Crippen LogP contribution < -0.4 is 0 Å². The minimum atomic E-state index is 0.453. The molecular formula is C11H14OS. The van der Waals surface area contributed by atoms with Crippen LogP contribution in [-0.2, 0) is 11.2 Å². The Morgan fingerprint density at radius 3 is 3.00 bits per heavy atom. The van der Waals surface area contributed by atoms with Crippen molar-refractivity contribution in [3.8, 4) is 0 Å². The first-order chi connectivity index (χ1) is 6.34. The quantitative estimate of drug-likeness (QED) is 0.704. The first kappa shape index (κ1) is 8.95. The Hall–Kier alpha value is -0.630. The minimum Gasteiger partial charge on any atom is -0.300 e. The highest BCUT2D eigenvalue weighted by Crippen LogP contribution is 2.32. The molecule has 1 fully saturated rings. The van der Waals surface area contributed by atoms with Crippen molar-refractivity contribution in [2.75, 3.05) is 0 Å². The molecule has 1 heterocycles. The summed E-state index contributed by atoms with van der Waals surface area (Å²) < 4.78 is 0. The maximum absolute atomic E-state index is 11.4. The highest BCUT2D eigenvalue weighted by atomic mass is 32.1. The summed E-state index contributed by atoms with van der Waals surface area (Å²) in [5.74, 6) is 1.20. The molecule has 0 aliphatic heterocycles. The molecule has 0 N–H and O–H groups in total. The average molecular weight is 194 g/mol. The fraction of sp³-hybridized carbons (Fsp3) is 0.545. The van der Waals surface area contributed by atoms with Gasteiger partial charge in [0.1, 0.15) is 5.78 Å². The van der Waals surface area contributed by atoms with Crippen LogP contribution in [0.25, 0.3) is 0 Å². The summed E-state index contributed by atoms with van der Waals surface area (Å²) in [7, 11) is 0. The van der Waals surface area contributed by atoms with Crippen LogP contribution in [0.4, 0.5) is 0 Å². The third-order valence-corrected chi connectivity index (χ3v) is 3.22. The van der Waals surface area contributed by atoms with Crippen molar-refractivity contribution in [1.82, 2.24) is 0 Å². The number of ketones is 1.